The van der Waals surface area contributed by atoms with Crippen molar-refractivity contribution in [2.24, 2.45) is 0 Å². The van der Waals surface area contributed by atoms with Crippen molar-refractivity contribution in [1.29, 1.82) is 0 Å². The Balaban J connectivity index is 2.43. The third-order valence-corrected chi connectivity index (χ3v) is 2.99. The highest BCUT2D eigenvalue weighted by molar-refractivity contribution is 5.30. The lowest BCUT2D eigenvalue weighted by Gasteiger charge is -2.16. The van der Waals surface area contributed by atoms with E-state index < -0.39 is 0 Å². The third-order valence-electron chi connectivity index (χ3n) is 2.99. The first-order valence-corrected chi connectivity index (χ1v) is 6.48. The maximum Gasteiger partial charge on any atom is 0.0512 e. The van der Waals surface area contributed by atoms with Crippen LogP contribution in [-0.2, 0) is 0 Å². The summed E-state index contributed by atoms with van der Waals surface area (Å²) in [5.74, 6) is 0. The molecular formula is C15H25NO. The summed E-state index contributed by atoms with van der Waals surface area (Å²) in [4.78, 5) is 0. The molecule has 0 radical (unpaired) electrons. The molecular weight excluding hydrogens is 210 g/mol. The van der Waals surface area contributed by atoms with Gasteiger partial charge in [0.15, 0.2) is 0 Å². The van der Waals surface area contributed by atoms with E-state index in [4.69, 9.17) is 0 Å². The number of aliphatic hydroxyl groups excluding tert-OH is 1. The van der Waals surface area contributed by atoms with Gasteiger partial charge in [-0.3, -0.25) is 0 Å². The Bertz CT molecular complexity index is 327. The predicted octanol–water partition coefficient (Wildman–Crippen LogP) is 3.12. The van der Waals surface area contributed by atoms with Crippen molar-refractivity contribution in [3.63, 3.8) is 0 Å². The molecule has 0 amide bonds. The van der Waals surface area contributed by atoms with Gasteiger partial charge in [0.2, 0.25) is 0 Å². The molecule has 0 bridgehead atoms. The minimum atomic E-state index is -0.187. The van der Waals surface area contributed by atoms with Gasteiger partial charge in [-0.2, -0.15) is 0 Å². The first kappa shape index (κ1) is 14.2. The molecule has 17 heavy (non-hydrogen) atoms. The van der Waals surface area contributed by atoms with Gasteiger partial charge in [0.1, 0.15) is 0 Å². The normalized spacial score (nSPS) is 14.6. The van der Waals surface area contributed by atoms with E-state index in [-0.39, 0.29) is 6.10 Å². The SMILES string of the molecule is Cc1cc(C)cc(C(C)NCCCC(C)O)c1. The highest BCUT2D eigenvalue weighted by atomic mass is 16.3. The zero-order chi connectivity index (χ0) is 12.8. The zero-order valence-electron chi connectivity index (χ0n) is 11.5. The van der Waals surface area contributed by atoms with Crippen molar-refractivity contribution < 1.29 is 5.11 Å². The van der Waals surface area contributed by atoms with Gasteiger partial charge in [-0.25, -0.2) is 0 Å². The van der Waals surface area contributed by atoms with Gasteiger partial charge in [-0.15, -0.1) is 0 Å². The fourth-order valence-electron chi connectivity index (χ4n) is 2.09. The lowest BCUT2D eigenvalue weighted by molar-refractivity contribution is 0.181. The second kappa shape index (κ2) is 6.77. The summed E-state index contributed by atoms with van der Waals surface area (Å²) in [6.45, 7) is 9.26. The molecule has 2 heteroatoms. The number of aryl methyl sites for hydroxylation is 2. The van der Waals surface area contributed by atoms with E-state index in [1.165, 1.54) is 16.7 Å². The first-order chi connectivity index (χ1) is 7.99. The summed E-state index contributed by atoms with van der Waals surface area (Å²) < 4.78 is 0. The van der Waals surface area contributed by atoms with Crippen LogP contribution >= 0.6 is 0 Å². The highest BCUT2D eigenvalue weighted by Gasteiger charge is 2.05. The Morgan fingerprint density at radius 2 is 1.71 bits per heavy atom. The van der Waals surface area contributed by atoms with Crippen LogP contribution in [0.25, 0.3) is 0 Å². The van der Waals surface area contributed by atoms with Crippen molar-refractivity contribution in [1.82, 2.24) is 5.32 Å². The molecule has 0 aliphatic carbocycles. The second-order valence-corrected chi connectivity index (χ2v) is 5.09. The molecule has 1 rings (SSSR count). The molecule has 2 N–H and O–H groups in total. The highest BCUT2D eigenvalue weighted by Crippen LogP contribution is 2.16. The van der Waals surface area contributed by atoms with Gasteiger partial charge < -0.3 is 10.4 Å². The monoisotopic (exact) mass is 235 g/mol. The van der Waals surface area contributed by atoms with Gasteiger partial charge in [-0.1, -0.05) is 29.3 Å². The van der Waals surface area contributed by atoms with Crippen molar-refractivity contribution >= 4 is 0 Å². The van der Waals surface area contributed by atoms with Crippen LogP contribution in [0.5, 0.6) is 0 Å². The molecule has 1 aromatic rings. The first-order valence-electron chi connectivity index (χ1n) is 6.48. The van der Waals surface area contributed by atoms with Crippen molar-refractivity contribution in [3.05, 3.63) is 34.9 Å². The molecule has 0 heterocycles. The van der Waals surface area contributed by atoms with E-state index in [2.05, 4.69) is 44.3 Å². The topological polar surface area (TPSA) is 32.3 Å². The average molecular weight is 235 g/mol. The van der Waals surface area contributed by atoms with Gasteiger partial charge >= 0.3 is 0 Å². The molecule has 96 valence electrons. The number of hydrogen-bond donors (Lipinski definition) is 2. The molecule has 0 fully saturated rings. The van der Waals surface area contributed by atoms with Crippen LogP contribution in [0.1, 0.15) is 49.4 Å². The van der Waals surface area contributed by atoms with E-state index in [0.29, 0.717) is 6.04 Å². The van der Waals surface area contributed by atoms with Gasteiger partial charge in [-0.05, 0) is 52.6 Å². The quantitative estimate of drug-likeness (QED) is 0.743. The molecule has 2 unspecified atom stereocenters. The molecule has 2 nitrogen and oxygen atoms in total. The van der Waals surface area contributed by atoms with Crippen LogP contribution in [0.2, 0.25) is 0 Å². The molecule has 1 aromatic carbocycles. The number of aliphatic hydroxyl groups is 1. The van der Waals surface area contributed by atoms with E-state index in [1.807, 2.05) is 6.92 Å². The second-order valence-electron chi connectivity index (χ2n) is 5.09. The van der Waals surface area contributed by atoms with Crippen molar-refractivity contribution in [2.75, 3.05) is 6.54 Å². The Hall–Kier alpha value is -0.860. The van der Waals surface area contributed by atoms with E-state index in [9.17, 15) is 5.11 Å². The molecule has 2 atom stereocenters. The summed E-state index contributed by atoms with van der Waals surface area (Å²) in [5, 5.41) is 12.7. The number of benzene rings is 1. The van der Waals surface area contributed by atoms with Crippen LogP contribution in [-0.4, -0.2) is 17.8 Å². The molecule has 0 aliphatic heterocycles. The minimum absolute atomic E-state index is 0.187. The maximum atomic E-state index is 9.18. The van der Waals surface area contributed by atoms with Crippen molar-refractivity contribution in [3.8, 4) is 0 Å². The average Bonchev–Trinajstić information content (AvgIpc) is 2.22. The molecule has 0 saturated carbocycles. The minimum Gasteiger partial charge on any atom is -0.393 e. The van der Waals surface area contributed by atoms with Gasteiger partial charge in [0.05, 0.1) is 6.10 Å². The van der Waals surface area contributed by atoms with Crippen LogP contribution in [0, 0.1) is 13.8 Å². The summed E-state index contributed by atoms with van der Waals surface area (Å²) in [7, 11) is 0. The lowest BCUT2D eigenvalue weighted by atomic mass is 10.0. The molecule has 0 aromatic heterocycles. The van der Waals surface area contributed by atoms with Crippen LogP contribution < -0.4 is 5.32 Å². The fraction of sp³-hybridized carbons (Fsp3) is 0.600. The summed E-state index contributed by atoms with van der Waals surface area (Å²) >= 11 is 0. The standard InChI is InChI=1S/C15H25NO/c1-11-8-12(2)10-15(9-11)14(4)16-7-5-6-13(3)17/h8-10,13-14,16-17H,5-7H2,1-4H3. The molecule has 0 saturated heterocycles. The summed E-state index contributed by atoms with van der Waals surface area (Å²) in [6, 6.07) is 7.05. The molecule has 0 spiro atoms. The number of nitrogens with one attached hydrogen (secondary N) is 1. The molecule has 0 aliphatic rings. The zero-order valence-corrected chi connectivity index (χ0v) is 11.5. The predicted molar refractivity (Wildman–Crippen MR) is 73.2 cm³/mol. The largest absolute Gasteiger partial charge is 0.393 e. The lowest BCUT2D eigenvalue weighted by Crippen LogP contribution is -2.21. The van der Waals surface area contributed by atoms with E-state index in [1.54, 1.807) is 0 Å². The maximum absolute atomic E-state index is 9.18. The van der Waals surface area contributed by atoms with E-state index in [0.717, 1.165) is 19.4 Å². The van der Waals surface area contributed by atoms with Crippen LogP contribution in [0.15, 0.2) is 18.2 Å². The smallest absolute Gasteiger partial charge is 0.0512 e. The Labute approximate surface area is 105 Å². The number of rotatable bonds is 6. The Kier molecular flexibility index (Phi) is 5.66. The van der Waals surface area contributed by atoms with Crippen molar-refractivity contribution in [2.45, 2.75) is 52.7 Å². The Morgan fingerprint density at radius 1 is 1.12 bits per heavy atom. The number of hydrogen-bond acceptors (Lipinski definition) is 2. The Morgan fingerprint density at radius 3 is 2.24 bits per heavy atom. The summed E-state index contributed by atoms with van der Waals surface area (Å²) in [5.41, 5.74) is 3.98. The van der Waals surface area contributed by atoms with Gasteiger partial charge in [0.25, 0.3) is 0 Å². The summed E-state index contributed by atoms with van der Waals surface area (Å²) in [6.07, 6.45) is 1.70. The van der Waals surface area contributed by atoms with Gasteiger partial charge in [0, 0.05) is 6.04 Å². The van der Waals surface area contributed by atoms with Crippen LogP contribution in [0.4, 0.5) is 0 Å². The van der Waals surface area contributed by atoms with Crippen LogP contribution in [0.3, 0.4) is 0 Å². The fourth-order valence-corrected chi connectivity index (χ4v) is 2.09. The third kappa shape index (κ3) is 5.33. The van der Waals surface area contributed by atoms with E-state index >= 15 is 0 Å².